The third-order valence-corrected chi connectivity index (χ3v) is 3.73. The lowest BCUT2D eigenvalue weighted by Gasteiger charge is -2.30. The van der Waals surface area contributed by atoms with E-state index in [2.05, 4.69) is 12.0 Å². The Morgan fingerprint density at radius 2 is 2.25 bits per heavy atom. The summed E-state index contributed by atoms with van der Waals surface area (Å²) in [7, 11) is 1.90. The highest BCUT2D eigenvalue weighted by atomic mass is 19.1. The molecule has 5 heteroatoms. The lowest BCUT2D eigenvalue weighted by Crippen LogP contribution is -2.24. The van der Waals surface area contributed by atoms with E-state index < -0.39 is 0 Å². The van der Waals surface area contributed by atoms with Crippen molar-refractivity contribution in [3.05, 3.63) is 47.0 Å². The molecule has 2 heterocycles. The van der Waals surface area contributed by atoms with Crippen molar-refractivity contribution < 1.29 is 9.13 Å². The number of aryl methyl sites for hydroxylation is 2. The Morgan fingerprint density at radius 3 is 3.00 bits per heavy atom. The van der Waals surface area contributed by atoms with Gasteiger partial charge in [-0.25, -0.2) is 4.39 Å². The van der Waals surface area contributed by atoms with E-state index in [0.717, 1.165) is 23.2 Å². The summed E-state index contributed by atoms with van der Waals surface area (Å²) >= 11 is 0. The minimum atomic E-state index is -0.281. The van der Waals surface area contributed by atoms with E-state index in [4.69, 9.17) is 10.5 Å². The third-order valence-electron chi connectivity index (χ3n) is 3.73. The molecule has 106 valence electrons. The van der Waals surface area contributed by atoms with Crippen LogP contribution in [0.4, 0.5) is 4.39 Å². The van der Waals surface area contributed by atoms with Gasteiger partial charge in [-0.3, -0.25) is 4.68 Å². The van der Waals surface area contributed by atoms with Crippen molar-refractivity contribution >= 4 is 0 Å². The van der Waals surface area contributed by atoms with Crippen LogP contribution in [-0.4, -0.2) is 9.78 Å². The zero-order valence-corrected chi connectivity index (χ0v) is 11.6. The molecule has 1 aromatic carbocycles. The number of aromatic nitrogens is 2. The molecular weight excluding hydrogens is 257 g/mol. The van der Waals surface area contributed by atoms with Crippen molar-refractivity contribution in [1.82, 2.24) is 9.78 Å². The number of halogens is 1. The third kappa shape index (κ3) is 2.18. The second-order valence-electron chi connectivity index (χ2n) is 5.19. The predicted octanol–water partition coefficient (Wildman–Crippen LogP) is 2.65. The molecule has 0 radical (unpaired) electrons. The summed E-state index contributed by atoms with van der Waals surface area (Å²) < 4.78 is 21.1. The Kier molecular flexibility index (Phi) is 3.22. The highest BCUT2D eigenvalue weighted by molar-refractivity contribution is 5.39. The maximum absolute atomic E-state index is 13.3. The molecule has 2 N–H and O–H groups in total. The molecule has 0 bridgehead atoms. The maximum atomic E-state index is 13.3. The molecule has 1 aliphatic heterocycles. The number of hydrogen-bond donors (Lipinski definition) is 1. The summed E-state index contributed by atoms with van der Waals surface area (Å²) in [5.41, 5.74) is 9.00. The van der Waals surface area contributed by atoms with Gasteiger partial charge < -0.3 is 10.5 Å². The monoisotopic (exact) mass is 275 g/mol. The quantitative estimate of drug-likeness (QED) is 0.916. The van der Waals surface area contributed by atoms with Crippen LogP contribution in [0.1, 0.15) is 42.3 Å². The van der Waals surface area contributed by atoms with Crippen LogP contribution in [0, 0.1) is 5.82 Å². The van der Waals surface area contributed by atoms with Gasteiger partial charge >= 0.3 is 0 Å². The fraction of sp³-hybridized carbons (Fsp3) is 0.400. The average Bonchev–Trinajstić information content (AvgIpc) is 2.80. The summed E-state index contributed by atoms with van der Waals surface area (Å²) in [6, 6.07) is 4.29. The van der Waals surface area contributed by atoms with Gasteiger partial charge in [0.15, 0.2) is 0 Å². The minimum Gasteiger partial charge on any atom is -0.485 e. The van der Waals surface area contributed by atoms with Gasteiger partial charge in [-0.05, 0) is 24.6 Å². The fourth-order valence-corrected chi connectivity index (χ4v) is 2.76. The molecule has 1 unspecified atom stereocenters. The van der Waals surface area contributed by atoms with E-state index >= 15 is 0 Å². The van der Waals surface area contributed by atoms with E-state index in [9.17, 15) is 4.39 Å². The number of ether oxygens (including phenoxy) is 1. The summed E-state index contributed by atoms with van der Waals surface area (Å²) in [6.07, 6.45) is 3.34. The first kappa shape index (κ1) is 13.1. The summed E-state index contributed by atoms with van der Waals surface area (Å²) in [4.78, 5) is 0. The van der Waals surface area contributed by atoms with Crippen LogP contribution in [0.3, 0.4) is 0 Å². The van der Waals surface area contributed by atoms with Crippen LogP contribution in [-0.2, 0) is 13.5 Å². The first-order valence-electron chi connectivity index (χ1n) is 6.82. The van der Waals surface area contributed by atoms with Crippen LogP contribution in [0.5, 0.6) is 5.75 Å². The normalized spacial score (nSPS) is 21.4. The van der Waals surface area contributed by atoms with E-state index in [-0.39, 0.29) is 18.0 Å². The molecule has 0 spiro atoms. The highest BCUT2D eigenvalue weighted by Gasteiger charge is 2.29. The zero-order chi connectivity index (χ0) is 14.3. The molecule has 1 aromatic heterocycles. The van der Waals surface area contributed by atoms with Crippen molar-refractivity contribution in [1.29, 1.82) is 0 Å². The standard InChI is InChI=1S/C15H18FN3O/c1-3-13-11(8-19(2)18-13)15-7-12(17)10-6-9(16)4-5-14(10)20-15/h4-6,8,12,15H,3,7,17H2,1-2H3/t12-,15?/m0/s1. The van der Waals surface area contributed by atoms with E-state index in [1.807, 2.05) is 13.2 Å². The molecule has 2 aromatic rings. The molecule has 2 atom stereocenters. The molecule has 1 aliphatic rings. The van der Waals surface area contributed by atoms with Gasteiger partial charge in [0.2, 0.25) is 0 Å². The summed E-state index contributed by atoms with van der Waals surface area (Å²) in [6.45, 7) is 2.07. The van der Waals surface area contributed by atoms with Crippen molar-refractivity contribution in [2.75, 3.05) is 0 Å². The van der Waals surface area contributed by atoms with Crippen molar-refractivity contribution in [3.63, 3.8) is 0 Å². The second-order valence-corrected chi connectivity index (χ2v) is 5.19. The average molecular weight is 275 g/mol. The van der Waals surface area contributed by atoms with E-state index in [1.54, 1.807) is 10.7 Å². The Labute approximate surface area is 117 Å². The Hall–Kier alpha value is -1.88. The molecule has 3 rings (SSSR count). The number of rotatable bonds is 2. The van der Waals surface area contributed by atoms with E-state index in [0.29, 0.717) is 12.2 Å². The number of benzene rings is 1. The Balaban J connectivity index is 1.96. The Bertz CT molecular complexity index is 638. The zero-order valence-electron chi connectivity index (χ0n) is 11.6. The maximum Gasteiger partial charge on any atom is 0.129 e. The van der Waals surface area contributed by atoms with Crippen LogP contribution in [0.25, 0.3) is 0 Å². The first-order valence-corrected chi connectivity index (χ1v) is 6.82. The van der Waals surface area contributed by atoms with Crippen LogP contribution < -0.4 is 10.5 Å². The van der Waals surface area contributed by atoms with Gasteiger partial charge in [0.1, 0.15) is 17.7 Å². The predicted molar refractivity (Wildman–Crippen MR) is 73.9 cm³/mol. The number of fused-ring (bicyclic) bond motifs is 1. The molecule has 4 nitrogen and oxygen atoms in total. The van der Waals surface area contributed by atoms with Gasteiger partial charge in [-0.15, -0.1) is 0 Å². The van der Waals surface area contributed by atoms with E-state index in [1.165, 1.54) is 12.1 Å². The topological polar surface area (TPSA) is 53.1 Å². The number of hydrogen-bond acceptors (Lipinski definition) is 3. The number of nitrogens with zero attached hydrogens (tertiary/aromatic N) is 2. The molecule has 0 saturated carbocycles. The van der Waals surface area contributed by atoms with Gasteiger partial charge in [0, 0.05) is 36.8 Å². The largest absolute Gasteiger partial charge is 0.485 e. The Morgan fingerprint density at radius 1 is 1.45 bits per heavy atom. The summed E-state index contributed by atoms with van der Waals surface area (Å²) in [5, 5.41) is 4.44. The molecule has 0 saturated heterocycles. The van der Waals surface area contributed by atoms with Gasteiger partial charge in [0.05, 0.1) is 5.69 Å². The van der Waals surface area contributed by atoms with Gasteiger partial charge in [0.25, 0.3) is 0 Å². The van der Waals surface area contributed by atoms with Crippen LogP contribution >= 0.6 is 0 Å². The summed E-state index contributed by atoms with van der Waals surface area (Å²) in [5.74, 6) is 0.387. The van der Waals surface area contributed by atoms with Crippen molar-refractivity contribution in [2.24, 2.45) is 12.8 Å². The highest BCUT2D eigenvalue weighted by Crippen LogP contribution is 2.40. The van der Waals surface area contributed by atoms with Crippen LogP contribution in [0.2, 0.25) is 0 Å². The molecule has 0 amide bonds. The molecule has 20 heavy (non-hydrogen) atoms. The molecule has 0 fully saturated rings. The van der Waals surface area contributed by atoms with Gasteiger partial charge in [-0.2, -0.15) is 5.10 Å². The SMILES string of the molecule is CCc1nn(C)cc1C1C[C@H](N)c2cc(F)ccc2O1. The first-order chi connectivity index (χ1) is 9.58. The molecule has 0 aliphatic carbocycles. The van der Waals surface area contributed by atoms with Crippen LogP contribution in [0.15, 0.2) is 24.4 Å². The lowest BCUT2D eigenvalue weighted by molar-refractivity contribution is 0.160. The van der Waals surface area contributed by atoms with Crippen molar-refractivity contribution in [3.8, 4) is 5.75 Å². The van der Waals surface area contributed by atoms with Crippen molar-refractivity contribution in [2.45, 2.75) is 31.9 Å². The fourth-order valence-electron chi connectivity index (χ4n) is 2.76. The molecular formula is C15H18FN3O. The lowest BCUT2D eigenvalue weighted by atomic mass is 9.93. The number of nitrogens with two attached hydrogens (primary N) is 1. The minimum absolute atomic E-state index is 0.119. The smallest absolute Gasteiger partial charge is 0.129 e. The van der Waals surface area contributed by atoms with Gasteiger partial charge in [-0.1, -0.05) is 6.92 Å². The second kappa shape index (κ2) is 4.90.